The largest absolute Gasteiger partial charge is 0.343 e. The van der Waals surface area contributed by atoms with E-state index in [9.17, 15) is 14.4 Å². The maximum absolute atomic E-state index is 12.7. The highest BCUT2D eigenvalue weighted by molar-refractivity contribution is 6.03. The molecule has 0 spiro atoms. The lowest BCUT2D eigenvalue weighted by molar-refractivity contribution is -0.130. The SMILES string of the molecule is CC(=O)N1CCC(N2C[C@@H]3C[C@H](C2)c2c(NC(=O)c4cnccn4)ccc(=O)n2C3)CC1. The van der Waals surface area contributed by atoms with Crippen molar-refractivity contribution in [2.24, 2.45) is 5.92 Å². The third-order valence-corrected chi connectivity index (χ3v) is 7.09. The zero-order valence-electron chi connectivity index (χ0n) is 18.2. The van der Waals surface area contributed by atoms with Crippen LogP contribution in [-0.4, -0.2) is 68.4 Å². The molecule has 168 valence electrons. The molecule has 0 radical (unpaired) electrons. The molecule has 0 unspecified atom stereocenters. The number of carbonyl (C=O) groups excluding carboxylic acids is 2. The Morgan fingerprint density at radius 3 is 2.62 bits per heavy atom. The van der Waals surface area contributed by atoms with Crippen LogP contribution < -0.4 is 10.9 Å². The van der Waals surface area contributed by atoms with Crippen molar-refractivity contribution in [3.63, 3.8) is 0 Å². The first kappa shape index (κ1) is 20.8. The summed E-state index contributed by atoms with van der Waals surface area (Å²) in [5.41, 5.74) is 1.82. The van der Waals surface area contributed by atoms with Crippen LogP contribution in [0.2, 0.25) is 0 Å². The molecular formula is C23H28N6O3. The predicted molar refractivity (Wildman–Crippen MR) is 118 cm³/mol. The molecule has 5 rings (SSSR count). The number of rotatable bonds is 3. The molecule has 32 heavy (non-hydrogen) atoms. The number of amides is 2. The highest BCUT2D eigenvalue weighted by Gasteiger charge is 2.39. The van der Waals surface area contributed by atoms with Gasteiger partial charge in [0.1, 0.15) is 5.69 Å². The van der Waals surface area contributed by atoms with Gasteiger partial charge in [-0.15, -0.1) is 0 Å². The highest BCUT2D eigenvalue weighted by atomic mass is 16.2. The number of hydrogen-bond acceptors (Lipinski definition) is 6. The molecular weight excluding hydrogens is 408 g/mol. The van der Waals surface area contributed by atoms with E-state index in [1.165, 1.54) is 24.7 Å². The van der Waals surface area contributed by atoms with Crippen molar-refractivity contribution in [3.8, 4) is 0 Å². The first-order valence-electron chi connectivity index (χ1n) is 11.3. The Kier molecular flexibility index (Phi) is 5.50. The molecule has 1 N–H and O–H groups in total. The second kappa shape index (κ2) is 8.46. The smallest absolute Gasteiger partial charge is 0.275 e. The van der Waals surface area contributed by atoms with Crippen LogP contribution in [0, 0.1) is 5.92 Å². The molecule has 2 aromatic rings. The molecule has 2 atom stereocenters. The van der Waals surface area contributed by atoms with Gasteiger partial charge in [-0.2, -0.15) is 0 Å². The zero-order chi connectivity index (χ0) is 22.2. The molecule has 2 fully saturated rings. The van der Waals surface area contributed by atoms with Crippen molar-refractivity contribution < 1.29 is 9.59 Å². The Hall–Kier alpha value is -3.07. The van der Waals surface area contributed by atoms with E-state index in [0.29, 0.717) is 24.2 Å². The standard InChI is InChI=1S/C23H28N6O3/c1-15(30)27-8-4-18(5-9-27)28-12-16-10-17(14-28)22-19(2-3-21(31)29(22)13-16)26-23(32)20-11-24-6-7-25-20/h2-3,6-7,11,16-18H,4-5,8-10,12-14H2,1H3,(H,26,32)/t16-,17+/m0/s1. The lowest BCUT2D eigenvalue weighted by Crippen LogP contribution is -2.53. The minimum absolute atomic E-state index is 0.0181. The Morgan fingerprint density at radius 1 is 1.09 bits per heavy atom. The number of carbonyl (C=O) groups is 2. The van der Waals surface area contributed by atoms with Gasteiger partial charge in [0.2, 0.25) is 5.91 Å². The van der Waals surface area contributed by atoms with Gasteiger partial charge in [-0.25, -0.2) is 4.98 Å². The summed E-state index contributed by atoms with van der Waals surface area (Å²) in [7, 11) is 0. The predicted octanol–water partition coefficient (Wildman–Crippen LogP) is 1.32. The van der Waals surface area contributed by atoms with Crippen molar-refractivity contribution >= 4 is 17.5 Å². The van der Waals surface area contributed by atoms with E-state index >= 15 is 0 Å². The number of aromatic nitrogens is 3. The van der Waals surface area contributed by atoms with Crippen molar-refractivity contribution in [2.75, 3.05) is 31.5 Å². The summed E-state index contributed by atoms with van der Waals surface area (Å²) >= 11 is 0. The summed E-state index contributed by atoms with van der Waals surface area (Å²) in [5.74, 6) is 0.414. The number of fused-ring (bicyclic) bond motifs is 4. The molecule has 9 nitrogen and oxygen atoms in total. The summed E-state index contributed by atoms with van der Waals surface area (Å²) in [6.45, 7) is 5.75. The van der Waals surface area contributed by atoms with Gasteiger partial charge in [-0.3, -0.25) is 24.3 Å². The molecule has 2 aromatic heterocycles. The maximum Gasteiger partial charge on any atom is 0.275 e. The second-order valence-corrected chi connectivity index (χ2v) is 9.12. The van der Waals surface area contributed by atoms with Crippen LogP contribution in [0.1, 0.15) is 48.3 Å². The normalized spacial score (nSPS) is 23.5. The Balaban J connectivity index is 1.38. The quantitative estimate of drug-likeness (QED) is 0.779. The fourth-order valence-corrected chi connectivity index (χ4v) is 5.60. The van der Waals surface area contributed by atoms with E-state index < -0.39 is 0 Å². The fraction of sp³-hybridized carbons (Fsp3) is 0.522. The van der Waals surface area contributed by atoms with Crippen LogP contribution >= 0.6 is 0 Å². The molecule has 5 heterocycles. The molecule has 2 saturated heterocycles. The molecule has 9 heteroatoms. The van der Waals surface area contributed by atoms with Gasteiger partial charge in [0.15, 0.2) is 0 Å². The molecule has 3 aliphatic rings. The first-order valence-corrected chi connectivity index (χ1v) is 11.3. The first-order chi connectivity index (χ1) is 15.5. The summed E-state index contributed by atoms with van der Waals surface area (Å²) < 4.78 is 1.85. The molecule has 0 saturated carbocycles. The molecule has 0 aliphatic carbocycles. The molecule has 3 aliphatic heterocycles. The number of likely N-dealkylation sites (tertiary alicyclic amines) is 2. The summed E-state index contributed by atoms with van der Waals surface area (Å²) in [5, 5.41) is 2.97. The number of anilines is 1. The molecule has 0 aromatic carbocycles. The van der Waals surface area contributed by atoms with Gasteiger partial charge in [0, 0.05) is 75.8 Å². The van der Waals surface area contributed by atoms with Crippen molar-refractivity contribution in [1.82, 2.24) is 24.3 Å². The van der Waals surface area contributed by atoms with Crippen LogP contribution in [-0.2, 0) is 11.3 Å². The summed E-state index contributed by atoms with van der Waals surface area (Å²) in [4.78, 5) is 49.6. The molecule has 2 bridgehead atoms. The van der Waals surface area contributed by atoms with E-state index in [2.05, 4.69) is 20.2 Å². The number of nitrogens with zero attached hydrogens (tertiary/aromatic N) is 5. The minimum atomic E-state index is -0.328. The van der Waals surface area contributed by atoms with Crippen LogP contribution in [0.4, 0.5) is 5.69 Å². The number of pyridine rings is 1. The number of hydrogen-bond donors (Lipinski definition) is 1. The Labute approximate surface area is 186 Å². The van der Waals surface area contributed by atoms with E-state index in [1.54, 1.807) is 13.0 Å². The van der Waals surface area contributed by atoms with Gasteiger partial charge in [-0.05, 0) is 31.2 Å². The Bertz CT molecular complexity index is 1080. The lowest BCUT2D eigenvalue weighted by atomic mass is 9.81. The Morgan fingerprint density at radius 2 is 1.91 bits per heavy atom. The molecule has 2 amide bonds. The third-order valence-electron chi connectivity index (χ3n) is 7.09. The van der Waals surface area contributed by atoms with E-state index in [-0.39, 0.29) is 29.0 Å². The van der Waals surface area contributed by atoms with Crippen LogP contribution in [0.5, 0.6) is 0 Å². The number of nitrogens with one attached hydrogen (secondary N) is 1. The monoisotopic (exact) mass is 436 g/mol. The summed E-state index contributed by atoms with van der Waals surface area (Å²) in [6, 6.07) is 3.70. The van der Waals surface area contributed by atoms with Gasteiger partial charge < -0.3 is 14.8 Å². The van der Waals surface area contributed by atoms with Gasteiger partial charge in [0.25, 0.3) is 11.5 Å². The van der Waals surface area contributed by atoms with Crippen LogP contribution in [0.3, 0.4) is 0 Å². The average molecular weight is 437 g/mol. The topological polar surface area (TPSA) is 100 Å². The van der Waals surface area contributed by atoms with Crippen molar-refractivity contribution in [3.05, 3.63) is 52.5 Å². The zero-order valence-corrected chi connectivity index (χ0v) is 18.2. The van der Waals surface area contributed by atoms with Crippen molar-refractivity contribution in [1.29, 1.82) is 0 Å². The van der Waals surface area contributed by atoms with Crippen molar-refractivity contribution in [2.45, 2.75) is 44.7 Å². The fourth-order valence-electron chi connectivity index (χ4n) is 5.60. The maximum atomic E-state index is 12.7. The van der Waals surface area contributed by atoms with E-state index in [0.717, 1.165) is 51.1 Å². The lowest BCUT2D eigenvalue weighted by Gasteiger charge is -2.47. The third kappa shape index (κ3) is 3.92. The summed E-state index contributed by atoms with van der Waals surface area (Å²) in [6.07, 6.45) is 7.43. The second-order valence-electron chi connectivity index (χ2n) is 9.12. The van der Waals surface area contributed by atoms with Gasteiger partial charge in [-0.1, -0.05) is 0 Å². The van der Waals surface area contributed by atoms with Gasteiger partial charge in [0.05, 0.1) is 11.9 Å². The van der Waals surface area contributed by atoms with Crippen LogP contribution in [0.25, 0.3) is 0 Å². The van der Waals surface area contributed by atoms with Crippen LogP contribution in [0.15, 0.2) is 35.5 Å². The highest BCUT2D eigenvalue weighted by Crippen LogP contribution is 2.40. The van der Waals surface area contributed by atoms with E-state index in [1.807, 2.05) is 9.47 Å². The van der Waals surface area contributed by atoms with E-state index in [4.69, 9.17) is 0 Å². The average Bonchev–Trinajstić information content (AvgIpc) is 2.81. The number of piperidine rings is 2. The van der Waals surface area contributed by atoms with Gasteiger partial charge >= 0.3 is 0 Å². The minimum Gasteiger partial charge on any atom is -0.343 e.